The smallest absolute Gasteiger partial charge is 0.272 e. The van der Waals surface area contributed by atoms with E-state index >= 15 is 0 Å². The Balaban J connectivity index is 1.49. The third kappa shape index (κ3) is 4.50. The van der Waals surface area contributed by atoms with Crippen molar-refractivity contribution < 1.29 is 9.53 Å². The number of carbonyl (C=O) groups is 1. The number of aromatic nitrogens is 2. The van der Waals surface area contributed by atoms with Crippen LogP contribution >= 0.6 is 0 Å². The molecule has 5 heteroatoms. The third-order valence-corrected chi connectivity index (χ3v) is 5.40. The zero-order chi connectivity index (χ0) is 20.1. The number of amides is 1. The van der Waals surface area contributed by atoms with Crippen LogP contribution in [-0.2, 0) is 0 Å². The van der Waals surface area contributed by atoms with E-state index < -0.39 is 0 Å². The van der Waals surface area contributed by atoms with Crippen molar-refractivity contribution in [1.29, 1.82) is 0 Å². The normalized spacial score (nSPS) is 16.6. The molecule has 2 aromatic carbocycles. The Morgan fingerprint density at radius 1 is 1.07 bits per heavy atom. The Morgan fingerprint density at radius 3 is 2.55 bits per heavy atom. The van der Waals surface area contributed by atoms with Crippen molar-refractivity contribution in [2.75, 3.05) is 13.2 Å². The van der Waals surface area contributed by atoms with Crippen molar-refractivity contribution >= 4 is 5.91 Å². The summed E-state index contributed by atoms with van der Waals surface area (Å²) in [6.45, 7) is 3.32. The number of piperidine rings is 1. The van der Waals surface area contributed by atoms with Crippen LogP contribution in [0.2, 0.25) is 0 Å². The molecule has 0 aliphatic carbocycles. The minimum absolute atomic E-state index is 0.0545. The van der Waals surface area contributed by atoms with Crippen LogP contribution in [0, 0.1) is 6.92 Å². The van der Waals surface area contributed by atoms with Crippen molar-refractivity contribution in [2.45, 2.75) is 38.6 Å². The van der Waals surface area contributed by atoms with E-state index in [9.17, 15) is 4.79 Å². The zero-order valence-corrected chi connectivity index (χ0v) is 16.8. The van der Waals surface area contributed by atoms with Gasteiger partial charge in [0.25, 0.3) is 5.91 Å². The summed E-state index contributed by atoms with van der Waals surface area (Å²) < 4.78 is 7.65. The molecular weight excluding hydrogens is 362 g/mol. The van der Waals surface area contributed by atoms with Crippen molar-refractivity contribution in [3.05, 3.63) is 78.1 Å². The Hall–Kier alpha value is -3.08. The van der Waals surface area contributed by atoms with Crippen LogP contribution in [0.3, 0.4) is 0 Å². The fraction of sp³-hybridized carbons (Fsp3) is 0.333. The number of nitrogens with zero attached hydrogens (tertiary/aromatic N) is 3. The van der Waals surface area contributed by atoms with Gasteiger partial charge in [-0.15, -0.1) is 0 Å². The summed E-state index contributed by atoms with van der Waals surface area (Å²) >= 11 is 0. The Kier molecular flexibility index (Phi) is 5.94. The zero-order valence-electron chi connectivity index (χ0n) is 16.8. The van der Waals surface area contributed by atoms with Crippen LogP contribution in [0.4, 0.5) is 0 Å². The average Bonchev–Trinajstić information content (AvgIpc) is 3.17. The molecule has 1 aliphatic heterocycles. The van der Waals surface area contributed by atoms with Crippen LogP contribution in [0.15, 0.2) is 66.7 Å². The molecule has 1 atom stereocenters. The van der Waals surface area contributed by atoms with Gasteiger partial charge >= 0.3 is 0 Å². The van der Waals surface area contributed by atoms with Crippen LogP contribution in [0.5, 0.6) is 5.75 Å². The van der Waals surface area contributed by atoms with Gasteiger partial charge in [0.1, 0.15) is 11.4 Å². The van der Waals surface area contributed by atoms with Gasteiger partial charge in [0.2, 0.25) is 0 Å². The first-order chi connectivity index (χ1) is 14.2. The lowest BCUT2D eigenvalue weighted by Crippen LogP contribution is -2.45. The maximum Gasteiger partial charge on any atom is 0.272 e. The topological polar surface area (TPSA) is 47.4 Å². The molecule has 29 heavy (non-hydrogen) atoms. The average molecular weight is 389 g/mol. The summed E-state index contributed by atoms with van der Waals surface area (Å²) in [7, 11) is 0. The lowest BCUT2D eigenvalue weighted by atomic mass is 9.99. The predicted octanol–water partition coefficient (Wildman–Crippen LogP) is 4.64. The number of benzene rings is 2. The van der Waals surface area contributed by atoms with E-state index in [4.69, 9.17) is 4.74 Å². The van der Waals surface area contributed by atoms with E-state index in [1.54, 1.807) is 4.68 Å². The number of hydrogen-bond acceptors (Lipinski definition) is 3. The molecule has 1 aromatic heterocycles. The Bertz CT molecular complexity index is 937. The standard InChI is InChI=1S/C24H27N3O2/c1-19-18-23(27(25-19)21-11-4-2-5-12-21)24(28)26-16-9-8-10-20(26)15-17-29-22-13-6-3-7-14-22/h2-7,11-14,18,20H,8-10,15-17H2,1H3. The molecule has 0 N–H and O–H groups in total. The fourth-order valence-electron chi connectivity index (χ4n) is 3.96. The first-order valence-electron chi connectivity index (χ1n) is 10.3. The summed E-state index contributed by atoms with van der Waals surface area (Å²) in [5.74, 6) is 0.929. The van der Waals surface area contributed by atoms with Gasteiger partial charge in [0, 0.05) is 19.0 Å². The highest BCUT2D eigenvalue weighted by Gasteiger charge is 2.29. The molecule has 4 rings (SSSR count). The van der Waals surface area contributed by atoms with Gasteiger partial charge in [-0.2, -0.15) is 5.10 Å². The summed E-state index contributed by atoms with van der Waals surface area (Å²) in [5.41, 5.74) is 2.38. The molecule has 1 aliphatic rings. The number of aryl methyl sites for hydroxylation is 1. The van der Waals surface area contributed by atoms with Gasteiger partial charge in [-0.1, -0.05) is 36.4 Å². The predicted molar refractivity (Wildman–Crippen MR) is 114 cm³/mol. The molecule has 1 amide bonds. The number of rotatable bonds is 6. The quantitative estimate of drug-likeness (QED) is 0.617. The summed E-state index contributed by atoms with van der Waals surface area (Å²) in [6, 6.07) is 21.8. The highest BCUT2D eigenvalue weighted by molar-refractivity contribution is 5.93. The fourth-order valence-corrected chi connectivity index (χ4v) is 3.96. The van der Waals surface area contributed by atoms with Gasteiger partial charge in [-0.3, -0.25) is 4.79 Å². The summed E-state index contributed by atoms with van der Waals surface area (Å²) in [6.07, 6.45) is 4.04. The third-order valence-electron chi connectivity index (χ3n) is 5.40. The van der Waals surface area contributed by atoms with Crippen molar-refractivity contribution in [3.63, 3.8) is 0 Å². The van der Waals surface area contributed by atoms with Crippen LogP contribution in [-0.4, -0.2) is 39.8 Å². The molecule has 5 nitrogen and oxygen atoms in total. The second-order valence-electron chi connectivity index (χ2n) is 7.52. The Labute approximate surface area is 171 Å². The lowest BCUT2D eigenvalue weighted by molar-refractivity contribution is 0.0571. The van der Waals surface area contributed by atoms with Gasteiger partial charge in [-0.05, 0) is 56.5 Å². The van der Waals surface area contributed by atoms with E-state index in [1.165, 1.54) is 0 Å². The van der Waals surface area contributed by atoms with Crippen LogP contribution < -0.4 is 4.74 Å². The lowest BCUT2D eigenvalue weighted by Gasteiger charge is -2.35. The Morgan fingerprint density at radius 2 is 1.79 bits per heavy atom. The molecule has 1 unspecified atom stereocenters. The largest absolute Gasteiger partial charge is 0.494 e. The summed E-state index contributed by atoms with van der Waals surface area (Å²) in [4.78, 5) is 15.5. The van der Waals surface area contributed by atoms with E-state index in [1.807, 2.05) is 78.6 Å². The molecule has 2 heterocycles. The molecule has 1 fully saturated rings. The van der Waals surface area contributed by atoms with Gasteiger partial charge < -0.3 is 9.64 Å². The van der Waals surface area contributed by atoms with Crippen molar-refractivity contribution in [1.82, 2.24) is 14.7 Å². The number of para-hydroxylation sites is 2. The highest BCUT2D eigenvalue weighted by atomic mass is 16.5. The van der Waals surface area contributed by atoms with Gasteiger partial charge in [-0.25, -0.2) is 4.68 Å². The minimum Gasteiger partial charge on any atom is -0.494 e. The second kappa shape index (κ2) is 8.95. The first-order valence-corrected chi connectivity index (χ1v) is 10.3. The minimum atomic E-state index is 0.0545. The van der Waals surface area contributed by atoms with E-state index in [2.05, 4.69) is 5.10 Å². The molecule has 0 spiro atoms. The number of likely N-dealkylation sites (tertiary alicyclic amines) is 1. The molecule has 3 aromatic rings. The van der Waals surface area contributed by atoms with Crippen LogP contribution in [0.1, 0.15) is 41.9 Å². The maximum absolute atomic E-state index is 13.5. The van der Waals surface area contributed by atoms with E-state index in [0.717, 1.165) is 49.4 Å². The maximum atomic E-state index is 13.5. The van der Waals surface area contributed by atoms with E-state index in [-0.39, 0.29) is 11.9 Å². The van der Waals surface area contributed by atoms with Gasteiger partial charge in [0.15, 0.2) is 0 Å². The molecule has 150 valence electrons. The highest BCUT2D eigenvalue weighted by Crippen LogP contribution is 2.24. The van der Waals surface area contributed by atoms with Crippen molar-refractivity contribution in [3.8, 4) is 11.4 Å². The number of carbonyl (C=O) groups excluding carboxylic acids is 1. The number of hydrogen-bond donors (Lipinski definition) is 0. The van der Waals surface area contributed by atoms with Gasteiger partial charge in [0.05, 0.1) is 18.0 Å². The second-order valence-corrected chi connectivity index (χ2v) is 7.52. The molecule has 0 bridgehead atoms. The summed E-state index contributed by atoms with van der Waals surface area (Å²) in [5, 5.41) is 4.57. The van der Waals surface area contributed by atoms with Crippen molar-refractivity contribution in [2.24, 2.45) is 0 Å². The monoisotopic (exact) mass is 389 g/mol. The van der Waals surface area contributed by atoms with E-state index in [0.29, 0.717) is 12.3 Å². The molecule has 0 radical (unpaired) electrons. The molecular formula is C24H27N3O2. The molecule has 0 saturated carbocycles. The first kappa shape index (κ1) is 19.2. The van der Waals surface area contributed by atoms with Crippen LogP contribution in [0.25, 0.3) is 5.69 Å². The SMILES string of the molecule is Cc1cc(C(=O)N2CCCCC2CCOc2ccccc2)n(-c2ccccc2)n1. The number of ether oxygens (including phenoxy) is 1. The molecule has 1 saturated heterocycles.